The van der Waals surface area contributed by atoms with Gasteiger partial charge in [0.05, 0.1) is 12.9 Å². The molecule has 7 nitrogen and oxygen atoms in total. The van der Waals surface area contributed by atoms with Gasteiger partial charge in [-0.1, -0.05) is 12.1 Å². The number of nitrogens with zero attached hydrogens (tertiary/aromatic N) is 3. The number of nitrogens with one attached hydrogen (secondary N) is 1. The van der Waals surface area contributed by atoms with Crippen molar-refractivity contribution in [3.05, 3.63) is 65.6 Å². The molecule has 1 aliphatic heterocycles. The summed E-state index contributed by atoms with van der Waals surface area (Å²) in [4.78, 5) is 21.0. The summed E-state index contributed by atoms with van der Waals surface area (Å²) in [5, 5.41) is 5.97. The van der Waals surface area contributed by atoms with Gasteiger partial charge in [0, 0.05) is 43.4 Å². The van der Waals surface area contributed by atoms with E-state index in [9.17, 15) is 4.79 Å². The van der Waals surface area contributed by atoms with E-state index in [1.165, 1.54) is 0 Å². The SMILES string of the molecule is O=C(Nc1cccc(COCc2ccco2)c1)N1CCN(c2nccs2)CC1. The van der Waals surface area contributed by atoms with Crippen LogP contribution >= 0.6 is 11.3 Å². The smallest absolute Gasteiger partial charge is 0.321 e. The summed E-state index contributed by atoms with van der Waals surface area (Å²) in [5.74, 6) is 0.793. The Kier molecular flexibility index (Phi) is 5.89. The van der Waals surface area contributed by atoms with Crippen molar-refractivity contribution in [1.82, 2.24) is 9.88 Å². The molecular formula is C20H22N4O3S. The molecule has 0 atom stereocenters. The molecule has 3 heterocycles. The number of ether oxygens (including phenoxy) is 1. The first-order chi connectivity index (χ1) is 13.8. The Hall–Kier alpha value is -2.84. The number of aromatic nitrogens is 1. The van der Waals surface area contributed by atoms with E-state index in [1.807, 2.05) is 52.9 Å². The summed E-state index contributed by atoms with van der Waals surface area (Å²) in [7, 11) is 0. The molecule has 8 heteroatoms. The number of piperazine rings is 1. The number of carbonyl (C=O) groups is 1. The third kappa shape index (κ3) is 4.71. The van der Waals surface area contributed by atoms with Crippen molar-refractivity contribution in [3.8, 4) is 0 Å². The zero-order valence-electron chi connectivity index (χ0n) is 15.4. The average molecular weight is 398 g/mol. The molecule has 0 bridgehead atoms. The number of anilines is 2. The second kappa shape index (κ2) is 8.90. The molecule has 1 aliphatic rings. The molecule has 1 saturated heterocycles. The number of benzene rings is 1. The quantitative estimate of drug-likeness (QED) is 0.684. The maximum atomic E-state index is 12.6. The minimum Gasteiger partial charge on any atom is -0.467 e. The standard InChI is InChI=1S/C20H22N4O3S/c25-19(23-7-9-24(10-8-23)20-21-6-12-28-20)22-17-4-1-3-16(13-17)14-26-15-18-5-2-11-27-18/h1-6,11-13H,7-10,14-15H2,(H,22,25). The first-order valence-corrected chi connectivity index (χ1v) is 10.1. The van der Waals surface area contributed by atoms with Crippen LogP contribution in [-0.2, 0) is 18.0 Å². The van der Waals surface area contributed by atoms with E-state index in [0.717, 1.165) is 35.2 Å². The summed E-state index contributed by atoms with van der Waals surface area (Å²) in [5.41, 5.74) is 1.77. The van der Waals surface area contributed by atoms with Crippen molar-refractivity contribution in [3.63, 3.8) is 0 Å². The molecule has 0 saturated carbocycles. The lowest BCUT2D eigenvalue weighted by molar-refractivity contribution is 0.0930. The molecule has 1 aromatic carbocycles. The van der Waals surface area contributed by atoms with Crippen LogP contribution in [0.5, 0.6) is 0 Å². The number of hydrogen-bond donors (Lipinski definition) is 1. The number of thiazole rings is 1. The Labute approximate surface area is 167 Å². The van der Waals surface area contributed by atoms with Crippen LogP contribution in [0, 0.1) is 0 Å². The number of hydrogen-bond acceptors (Lipinski definition) is 6. The fourth-order valence-electron chi connectivity index (χ4n) is 3.08. The predicted molar refractivity (Wildman–Crippen MR) is 109 cm³/mol. The molecule has 0 unspecified atom stereocenters. The molecule has 2 aromatic heterocycles. The van der Waals surface area contributed by atoms with Gasteiger partial charge in [-0.05, 0) is 29.8 Å². The van der Waals surface area contributed by atoms with E-state index in [2.05, 4.69) is 15.2 Å². The number of carbonyl (C=O) groups excluding carboxylic acids is 1. The van der Waals surface area contributed by atoms with Gasteiger partial charge in [0.25, 0.3) is 0 Å². The highest BCUT2D eigenvalue weighted by Crippen LogP contribution is 2.19. The molecule has 1 fully saturated rings. The molecule has 146 valence electrons. The number of amides is 2. The Balaban J connectivity index is 1.26. The van der Waals surface area contributed by atoms with Gasteiger partial charge in [0.1, 0.15) is 12.4 Å². The van der Waals surface area contributed by atoms with Crippen LogP contribution in [0.4, 0.5) is 15.6 Å². The first-order valence-electron chi connectivity index (χ1n) is 9.17. The first kappa shape index (κ1) is 18.5. The lowest BCUT2D eigenvalue weighted by atomic mass is 10.2. The van der Waals surface area contributed by atoms with Crippen LogP contribution in [0.15, 0.2) is 58.7 Å². The van der Waals surface area contributed by atoms with Crippen molar-refractivity contribution in [2.24, 2.45) is 0 Å². The van der Waals surface area contributed by atoms with Gasteiger partial charge in [0.2, 0.25) is 0 Å². The summed E-state index contributed by atoms with van der Waals surface area (Å²) in [6.45, 7) is 3.82. The van der Waals surface area contributed by atoms with Gasteiger partial charge in [-0.2, -0.15) is 0 Å². The van der Waals surface area contributed by atoms with Crippen molar-refractivity contribution >= 4 is 28.2 Å². The summed E-state index contributed by atoms with van der Waals surface area (Å²) >= 11 is 1.63. The monoisotopic (exact) mass is 398 g/mol. The molecule has 28 heavy (non-hydrogen) atoms. The van der Waals surface area contributed by atoms with Gasteiger partial charge in [0.15, 0.2) is 5.13 Å². The minimum atomic E-state index is -0.0764. The van der Waals surface area contributed by atoms with E-state index >= 15 is 0 Å². The largest absolute Gasteiger partial charge is 0.467 e. The summed E-state index contributed by atoms with van der Waals surface area (Å²) in [6.07, 6.45) is 3.44. The van der Waals surface area contributed by atoms with E-state index in [4.69, 9.17) is 9.15 Å². The fraction of sp³-hybridized carbons (Fsp3) is 0.300. The number of rotatable bonds is 6. The molecule has 0 radical (unpaired) electrons. The number of furan rings is 1. The highest BCUT2D eigenvalue weighted by atomic mass is 32.1. The normalized spacial score (nSPS) is 14.3. The highest BCUT2D eigenvalue weighted by molar-refractivity contribution is 7.13. The van der Waals surface area contributed by atoms with Gasteiger partial charge in [-0.25, -0.2) is 9.78 Å². The van der Waals surface area contributed by atoms with Crippen LogP contribution in [-0.4, -0.2) is 42.1 Å². The zero-order chi connectivity index (χ0) is 19.2. The average Bonchev–Trinajstić information content (AvgIpc) is 3.43. The summed E-state index contributed by atoms with van der Waals surface area (Å²) in [6, 6.07) is 11.4. The summed E-state index contributed by atoms with van der Waals surface area (Å²) < 4.78 is 10.9. The van der Waals surface area contributed by atoms with E-state index in [1.54, 1.807) is 17.6 Å². The number of urea groups is 1. The third-order valence-corrected chi connectivity index (χ3v) is 5.36. The molecule has 4 rings (SSSR count). The predicted octanol–water partition coefficient (Wildman–Crippen LogP) is 3.81. The maximum Gasteiger partial charge on any atom is 0.321 e. The molecule has 2 amide bonds. The fourth-order valence-corrected chi connectivity index (χ4v) is 3.78. The highest BCUT2D eigenvalue weighted by Gasteiger charge is 2.22. The van der Waals surface area contributed by atoms with Gasteiger partial charge in [-0.15, -0.1) is 11.3 Å². The second-order valence-corrected chi connectivity index (χ2v) is 7.36. The third-order valence-electron chi connectivity index (χ3n) is 4.53. The molecule has 1 N–H and O–H groups in total. The van der Waals surface area contributed by atoms with Gasteiger partial charge < -0.3 is 24.3 Å². The zero-order valence-corrected chi connectivity index (χ0v) is 16.2. The van der Waals surface area contributed by atoms with Crippen LogP contribution in [0.2, 0.25) is 0 Å². The van der Waals surface area contributed by atoms with Gasteiger partial charge in [-0.3, -0.25) is 0 Å². The van der Waals surface area contributed by atoms with Crippen LogP contribution in [0.1, 0.15) is 11.3 Å². The minimum absolute atomic E-state index is 0.0764. The Morgan fingerprint density at radius 2 is 2.07 bits per heavy atom. The van der Waals surface area contributed by atoms with Crippen molar-refractivity contribution in [1.29, 1.82) is 0 Å². The Bertz CT molecular complexity index is 875. The van der Waals surface area contributed by atoms with Crippen molar-refractivity contribution in [2.45, 2.75) is 13.2 Å². The Morgan fingerprint density at radius 1 is 1.18 bits per heavy atom. The topological polar surface area (TPSA) is 70.8 Å². The maximum absolute atomic E-state index is 12.6. The van der Waals surface area contributed by atoms with Gasteiger partial charge >= 0.3 is 6.03 Å². The molecular weight excluding hydrogens is 376 g/mol. The lowest BCUT2D eigenvalue weighted by Crippen LogP contribution is -2.50. The van der Waals surface area contributed by atoms with Crippen LogP contribution < -0.4 is 10.2 Å². The van der Waals surface area contributed by atoms with Crippen molar-refractivity contribution < 1.29 is 13.9 Å². The lowest BCUT2D eigenvalue weighted by Gasteiger charge is -2.34. The molecule has 0 spiro atoms. The Morgan fingerprint density at radius 3 is 2.82 bits per heavy atom. The molecule has 3 aromatic rings. The van der Waals surface area contributed by atoms with Crippen LogP contribution in [0.25, 0.3) is 0 Å². The molecule has 0 aliphatic carbocycles. The van der Waals surface area contributed by atoms with Crippen LogP contribution in [0.3, 0.4) is 0 Å². The van der Waals surface area contributed by atoms with E-state index in [-0.39, 0.29) is 6.03 Å². The van der Waals surface area contributed by atoms with Crippen molar-refractivity contribution in [2.75, 3.05) is 36.4 Å². The van der Waals surface area contributed by atoms with E-state index < -0.39 is 0 Å². The van der Waals surface area contributed by atoms with E-state index in [0.29, 0.717) is 26.3 Å². The second-order valence-electron chi connectivity index (χ2n) is 6.49.